The third-order valence-electron chi connectivity index (χ3n) is 8.93. The van der Waals surface area contributed by atoms with Crippen LogP contribution in [0.4, 0.5) is 0 Å². The summed E-state index contributed by atoms with van der Waals surface area (Å²) in [6.45, 7) is 8.46. The summed E-state index contributed by atoms with van der Waals surface area (Å²) in [7, 11) is 0. The van der Waals surface area contributed by atoms with Crippen molar-refractivity contribution in [2.75, 3.05) is 0 Å². The van der Waals surface area contributed by atoms with Crippen molar-refractivity contribution in [2.24, 2.45) is 35.0 Å². The molecular weight excluding hydrogens is 424 g/mol. The van der Waals surface area contributed by atoms with E-state index < -0.39 is 23.5 Å². The highest BCUT2D eigenvalue weighted by molar-refractivity contribution is 6.10. The molecule has 2 N–H and O–H groups in total. The van der Waals surface area contributed by atoms with Gasteiger partial charge in [-0.15, -0.1) is 0 Å². The van der Waals surface area contributed by atoms with Crippen molar-refractivity contribution in [3.63, 3.8) is 0 Å². The first-order valence-electron chi connectivity index (χ1n) is 13.1. The van der Waals surface area contributed by atoms with Crippen molar-refractivity contribution in [1.82, 2.24) is 0 Å². The van der Waals surface area contributed by atoms with Gasteiger partial charge in [-0.1, -0.05) is 75.8 Å². The van der Waals surface area contributed by atoms with Gasteiger partial charge in [-0.25, -0.2) is 0 Å². The van der Waals surface area contributed by atoms with Gasteiger partial charge in [0.25, 0.3) is 0 Å². The van der Waals surface area contributed by atoms with Gasteiger partial charge >= 0.3 is 0 Å². The molecule has 34 heavy (non-hydrogen) atoms. The third kappa shape index (κ3) is 4.47. The van der Waals surface area contributed by atoms with Crippen molar-refractivity contribution < 1.29 is 19.8 Å². The molecule has 1 spiro atoms. The zero-order chi connectivity index (χ0) is 24.5. The first-order valence-corrected chi connectivity index (χ1v) is 13.1. The number of allylic oxidation sites excluding steroid dienone is 1. The third-order valence-corrected chi connectivity index (χ3v) is 8.93. The summed E-state index contributed by atoms with van der Waals surface area (Å²) in [5.41, 5.74) is 0.649. The molecule has 1 aromatic carbocycles. The minimum atomic E-state index is -1.24. The van der Waals surface area contributed by atoms with Crippen molar-refractivity contribution in [3.8, 4) is 0 Å². The summed E-state index contributed by atoms with van der Waals surface area (Å²) in [6.07, 6.45) is 7.66. The van der Waals surface area contributed by atoms with E-state index in [0.29, 0.717) is 25.2 Å². The highest BCUT2D eigenvalue weighted by atomic mass is 16.3. The van der Waals surface area contributed by atoms with Gasteiger partial charge in [-0.2, -0.15) is 0 Å². The molecule has 3 aliphatic carbocycles. The Morgan fingerprint density at radius 1 is 1.03 bits per heavy atom. The number of Topliss-reactive ketones (excluding diaryl/α,β-unsaturated/α-hetero) is 2. The summed E-state index contributed by atoms with van der Waals surface area (Å²) >= 11 is 0. The van der Waals surface area contributed by atoms with E-state index in [-0.39, 0.29) is 35.7 Å². The Morgan fingerprint density at radius 2 is 1.76 bits per heavy atom. The second-order valence-corrected chi connectivity index (χ2v) is 11.1. The second kappa shape index (κ2) is 10.3. The van der Waals surface area contributed by atoms with Crippen LogP contribution in [0.5, 0.6) is 0 Å². The van der Waals surface area contributed by atoms with Crippen LogP contribution in [-0.2, 0) is 16.0 Å². The van der Waals surface area contributed by atoms with Crippen LogP contribution in [0, 0.1) is 35.0 Å². The second-order valence-electron chi connectivity index (χ2n) is 11.1. The zero-order valence-electron chi connectivity index (χ0n) is 20.7. The predicted molar refractivity (Wildman–Crippen MR) is 134 cm³/mol. The van der Waals surface area contributed by atoms with Crippen LogP contribution in [0.15, 0.2) is 54.6 Å². The van der Waals surface area contributed by atoms with Crippen molar-refractivity contribution in [3.05, 3.63) is 60.2 Å². The molecule has 8 unspecified atom stereocenters. The summed E-state index contributed by atoms with van der Waals surface area (Å²) < 4.78 is 0. The number of benzene rings is 1. The van der Waals surface area contributed by atoms with Gasteiger partial charge in [0.05, 0.1) is 17.6 Å². The number of aliphatic hydroxyl groups is 2. The van der Waals surface area contributed by atoms with Crippen LogP contribution >= 0.6 is 0 Å². The standard InChI is InChI=1S/C30H40O4/c1-19-9-7-13-24(31)15-16-26(32)30-25(14-8-10-19)29(34)21(3)20(2)28(30)23(18-27(30)33)17-22-11-5-4-6-12-22/h4-6,8,11-12,14,19-20,23-25,28-29,31,34H,3,7,9-10,13,15-18H2,1-2H3. The van der Waals surface area contributed by atoms with E-state index in [0.717, 1.165) is 36.8 Å². The molecule has 0 radical (unpaired) electrons. The van der Waals surface area contributed by atoms with Crippen LogP contribution < -0.4 is 0 Å². The van der Waals surface area contributed by atoms with Gasteiger partial charge < -0.3 is 10.2 Å². The lowest BCUT2D eigenvalue weighted by molar-refractivity contribution is -0.152. The fourth-order valence-corrected chi connectivity index (χ4v) is 7.11. The zero-order valence-corrected chi connectivity index (χ0v) is 20.7. The van der Waals surface area contributed by atoms with Gasteiger partial charge in [0.1, 0.15) is 11.6 Å². The molecule has 0 bridgehead atoms. The van der Waals surface area contributed by atoms with Gasteiger partial charge in [0.15, 0.2) is 0 Å². The molecule has 0 aliphatic heterocycles. The number of rotatable bonds is 2. The summed E-state index contributed by atoms with van der Waals surface area (Å²) in [5, 5.41) is 21.9. The first kappa shape index (κ1) is 25.1. The van der Waals surface area contributed by atoms with Gasteiger partial charge in [0, 0.05) is 18.8 Å². The van der Waals surface area contributed by atoms with Gasteiger partial charge in [-0.05, 0) is 60.5 Å². The fourth-order valence-electron chi connectivity index (χ4n) is 7.11. The Balaban J connectivity index is 1.79. The Bertz CT molecular complexity index is 934. The molecule has 0 aromatic heterocycles. The van der Waals surface area contributed by atoms with E-state index in [2.05, 4.69) is 31.7 Å². The highest BCUT2D eigenvalue weighted by Crippen LogP contribution is 2.61. The van der Waals surface area contributed by atoms with Crippen LogP contribution in [-0.4, -0.2) is 34.0 Å². The number of carbonyl (C=O) groups is 2. The molecule has 184 valence electrons. The largest absolute Gasteiger partial charge is 0.393 e. The van der Waals surface area contributed by atoms with E-state index in [1.165, 1.54) is 0 Å². The molecular formula is C30H40O4. The maximum Gasteiger partial charge on any atom is 0.147 e. The molecule has 0 saturated heterocycles. The molecule has 2 saturated carbocycles. The van der Waals surface area contributed by atoms with Crippen LogP contribution in [0.1, 0.15) is 64.4 Å². The average Bonchev–Trinajstić information content (AvgIpc) is 3.11. The van der Waals surface area contributed by atoms with Crippen LogP contribution in [0.2, 0.25) is 0 Å². The molecule has 4 heteroatoms. The van der Waals surface area contributed by atoms with Gasteiger partial charge in [-0.3, -0.25) is 9.59 Å². The summed E-state index contributed by atoms with van der Waals surface area (Å²) in [4.78, 5) is 28.0. The Labute approximate surface area is 204 Å². The van der Waals surface area contributed by atoms with Gasteiger partial charge in [0.2, 0.25) is 0 Å². The molecule has 4 nitrogen and oxygen atoms in total. The van der Waals surface area contributed by atoms with E-state index in [4.69, 9.17) is 0 Å². The quantitative estimate of drug-likeness (QED) is 0.473. The normalized spacial score (nSPS) is 39.5. The first-order chi connectivity index (χ1) is 16.3. The molecule has 0 heterocycles. The predicted octanol–water partition coefficient (Wildman–Crippen LogP) is 5.08. The van der Waals surface area contributed by atoms with Crippen molar-refractivity contribution >= 4 is 11.6 Å². The minimum absolute atomic E-state index is 0.0218. The summed E-state index contributed by atoms with van der Waals surface area (Å²) in [6, 6.07) is 10.2. The molecule has 2 fully saturated rings. The maximum atomic E-state index is 14.1. The van der Waals surface area contributed by atoms with Crippen molar-refractivity contribution in [1.29, 1.82) is 0 Å². The molecule has 4 rings (SSSR count). The monoisotopic (exact) mass is 464 g/mol. The lowest BCUT2D eigenvalue weighted by Gasteiger charge is -2.50. The number of ketones is 2. The number of hydrogen-bond acceptors (Lipinski definition) is 4. The van der Waals surface area contributed by atoms with E-state index in [1.54, 1.807) is 0 Å². The average molecular weight is 465 g/mol. The molecule has 1 aromatic rings. The minimum Gasteiger partial charge on any atom is -0.393 e. The highest BCUT2D eigenvalue weighted by Gasteiger charge is 2.67. The van der Waals surface area contributed by atoms with Crippen LogP contribution in [0.3, 0.4) is 0 Å². The summed E-state index contributed by atoms with van der Waals surface area (Å²) in [5.74, 6) is -0.590. The number of hydrogen-bond donors (Lipinski definition) is 2. The topological polar surface area (TPSA) is 74.6 Å². The maximum absolute atomic E-state index is 14.1. The number of aliphatic hydroxyl groups excluding tert-OH is 2. The Hall–Kier alpha value is -2.04. The molecule has 8 atom stereocenters. The lowest BCUT2D eigenvalue weighted by atomic mass is 9.51. The van der Waals surface area contributed by atoms with Crippen molar-refractivity contribution in [2.45, 2.75) is 77.4 Å². The Kier molecular flexibility index (Phi) is 7.59. The molecule has 0 amide bonds. The SMILES string of the molecule is C=C1C(C)C2C(Cc3ccccc3)CC(=O)C23C(=O)CCC(O)CCCC(C)CC=CC3C1O. The molecule has 3 aliphatic rings. The lowest BCUT2D eigenvalue weighted by Crippen LogP contribution is -2.57. The van der Waals surface area contributed by atoms with E-state index in [9.17, 15) is 19.8 Å². The Morgan fingerprint density at radius 3 is 2.50 bits per heavy atom. The van der Waals surface area contributed by atoms with E-state index >= 15 is 0 Å². The smallest absolute Gasteiger partial charge is 0.147 e. The fraction of sp³-hybridized carbons (Fsp3) is 0.600. The van der Waals surface area contributed by atoms with Crippen LogP contribution in [0.25, 0.3) is 0 Å². The number of carbonyl (C=O) groups excluding carboxylic acids is 2. The van der Waals surface area contributed by atoms with E-state index in [1.807, 2.05) is 31.2 Å².